The second-order valence-corrected chi connectivity index (χ2v) is 7.31. The molecule has 0 aliphatic heterocycles. The number of nitrogens with zero attached hydrogens (tertiary/aromatic N) is 1. The number of aromatic nitrogens is 1. The van der Waals surface area contributed by atoms with Crippen molar-refractivity contribution >= 4 is 10.9 Å². The van der Waals surface area contributed by atoms with Crippen molar-refractivity contribution in [2.75, 3.05) is 14.1 Å². The van der Waals surface area contributed by atoms with Crippen LogP contribution >= 0.6 is 0 Å². The molecule has 22 heavy (non-hydrogen) atoms. The Hall–Kier alpha value is -1.28. The standard InChI is InChI=1S/C20H30N2/c1-4-5-12-20(22(2)3)13-10-16(11-14-20)19-15-17-8-6-7-9-18(17)21-19/h6-9,15-16,21H,4-5,10-14H2,1-3H3. The Balaban J connectivity index is 1.72. The van der Waals surface area contributed by atoms with Crippen LogP contribution in [0.3, 0.4) is 0 Å². The number of unbranched alkanes of at least 4 members (excludes halogenated alkanes) is 1. The van der Waals surface area contributed by atoms with E-state index in [1.54, 1.807) is 0 Å². The lowest BCUT2D eigenvalue weighted by Crippen LogP contribution is -2.46. The van der Waals surface area contributed by atoms with Gasteiger partial charge in [0.15, 0.2) is 0 Å². The molecular formula is C20H30N2. The van der Waals surface area contributed by atoms with Gasteiger partial charge in [0.25, 0.3) is 0 Å². The zero-order valence-corrected chi connectivity index (χ0v) is 14.4. The number of hydrogen-bond acceptors (Lipinski definition) is 1. The molecule has 1 N–H and O–H groups in total. The van der Waals surface area contributed by atoms with Gasteiger partial charge in [0, 0.05) is 16.7 Å². The molecule has 3 rings (SSSR count). The third-order valence-corrected chi connectivity index (χ3v) is 5.85. The van der Waals surface area contributed by atoms with Crippen LogP contribution in [0.4, 0.5) is 0 Å². The van der Waals surface area contributed by atoms with E-state index in [1.165, 1.54) is 61.5 Å². The van der Waals surface area contributed by atoms with Crippen molar-refractivity contribution in [1.82, 2.24) is 9.88 Å². The van der Waals surface area contributed by atoms with Gasteiger partial charge in [-0.3, -0.25) is 0 Å². The predicted octanol–water partition coefficient (Wildman–Crippen LogP) is 5.32. The van der Waals surface area contributed by atoms with Gasteiger partial charge < -0.3 is 9.88 Å². The van der Waals surface area contributed by atoms with E-state index in [2.05, 4.69) is 61.2 Å². The molecule has 0 saturated heterocycles. The van der Waals surface area contributed by atoms with Crippen LogP contribution in [0.5, 0.6) is 0 Å². The number of benzene rings is 1. The molecule has 0 radical (unpaired) electrons. The molecular weight excluding hydrogens is 268 g/mol. The largest absolute Gasteiger partial charge is 0.358 e. The van der Waals surface area contributed by atoms with E-state index in [0.717, 1.165) is 0 Å². The zero-order chi connectivity index (χ0) is 15.6. The average molecular weight is 298 g/mol. The van der Waals surface area contributed by atoms with Crippen molar-refractivity contribution in [2.24, 2.45) is 0 Å². The van der Waals surface area contributed by atoms with Gasteiger partial charge in [0.1, 0.15) is 0 Å². The first-order valence-electron chi connectivity index (χ1n) is 8.90. The number of rotatable bonds is 5. The zero-order valence-electron chi connectivity index (χ0n) is 14.4. The number of nitrogens with one attached hydrogen (secondary N) is 1. The van der Waals surface area contributed by atoms with E-state index in [4.69, 9.17) is 0 Å². The summed E-state index contributed by atoms with van der Waals surface area (Å²) in [4.78, 5) is 6.16. The van der Waals surface area contributed by atoms with Crippen LogP contribution in [0.1, 0.15) is 63.5 Å². The summed E-state index contributed by atoms with van der Waals surface area (Å²) >= 11 is 0. The minimum absolute atomic E-state index is 0.443. The van der Waals surface area contributed by atoms with Crippen molar-refractivity contribution in [2.45, 2.75) is 63.3 Å². The van der Waals surface area contributed by atoms with E-state index in [1.807, 2.05) is 0 Å². The minimum Gasteiger partial charge on any atom is -0.358 e. The molecule has 0 bridgehead atoms. The van der Waals surface area contributed by atoms with Crippen molar-refractivity contribution in [3.05, 3.63) is 36.0 Å². The van der Waals surface area contributed by atoms with Crippen LogP contribution in [0.25, 0.3) is 10.9 Å². The fraction of sp³-hybridized carbons (Fsp3) is 0.600. The van der Waals surface area contributed by atoms with Gasteiger partial charge in [-0.1, -0.05) is 38.0 Å². The molecule has 0 atom stereocenters. The second-order valence-electron chi connectivity index (χ2n) is 7.31. The quantitative estimate of drug-likeness (QED) is 0.792. The summed E-state index contributed by atoms with van der Waals surface area (Å²) in [5, 5.41) is 1.35. The highest BCUT2D eigenvalue weighted by Gasteiger charge is 2.37. The summed E-state index contributed by atoms with van der Waals surface area (Å²) in [6.45, 7) is 2.31. The predicted molar refractivity (Wildman–Crippen MR) is 95.5 cm³/mol. The van der Waals surface area contributed by atoms with Crippen LogP contribution in [0, 0.1) is 0 Å². The highest BCUT2D eigenvalue weighted by Crippen LogP contribution is 2.43. The summed E-state index contributed by atoms with van der Waals surface area (Å²) in [6, 6.07) is 11.0. The summed E-state index contributed by atoms with van der Waals surface area (Å²) < 4.78 is 0. The van der Waals surface area contributed by atoms with E-state index in [-0.39, 0.29) is 0 Å². The third kappa shape index (κ3) is 2.94. The van der Waals surface area contributed by atoms with Crippen LogP contribution in [-0.2, 0) is 0 Å². The number of H-pyrrole nitrogens is 1. The van der Waals surface area contributed by atoms with E-state index in [0.29, 0.717) is 11.5 Å². The normalized spacial score (nSPS) is 25.9. The molecule has 1 saturated carbocycles. The third-order valence-electron chi connectivity index (χ3n) is 5.85. The highest BCUT2D eigenvalue weighted by atomic mass is 15.1. The smallest absolute Gasteiger partial charge is 0.0456 e. The maximum Gasteiger partial charge on any atom is 0.0456 e. The van der Waals surface area contributed by atoms with Gasteiger partial charge in [-0.05, 0) is 69.6 Å². The summed E-state index contributed by atoms with van der Waals surface area (Å²) in [6.07, 6.45) is 9.32. The molecule has 1 heterocycles. The topological polar surface area (TPSA) is 19.0 Å². The van der Waals surface area contributed by atoms with Crippen LogP contribution in [-0.4, -0.2) is 29.5 Å². The molecule has 1 fully saturated rings. The fourth-order valence-electron chi connectivity index (χ4n) is 4.21. The van der Waals surface area contributed by atoms with E-state index >= 15 is 0 Å². The molecule has 1 aliphatic carbocycles. The first kappa shape index (κ1) is 15.6. The first-order valence-corrected chi connectivity index (χ1v) is 8.90. The van der Waals surface area contributed by atoms with Gasteiger partial charge in [-0.25, -0.2) is 0 Å². The molecule has 0 amide bonds. The Morgan fingerprint density at radius 3 is 2.55 bits per heavy atom. The van der Waals surface area contributed by atoms with Crippen molar-refractivity contribution in [3.63, 3.8) is 0 Å². The number of aromatic amines is 1. The molecule has 1 aromatic heterocycles. The minimum atomic E-state index is 0.443. The molecule has 0 unspecified atom stereocenters. The maximum absolute atomic E-state index is 3.65. The lowest BCUT2D eigenvalue weighted by molar-refractivity contribution is 0.0803. The molecule has 0 spiro atoms. The van der Waals surface area contributed by atoms with Crippen LogP contribution < -0.4 is 0 Å². The van der Waals surface area contributed by atoms with Crippen molar-refractivity contribution in [3.8, 4) is 0 Å². The Labute approximate surface area is 134 Å². The lowest BCUT2D eigenvalue weighted by atomic mass is 9.72. The highest BCUT2D eigenvalue weighted by molar-refractivity contribution is 5.80. The van der Waals surface area contributed by atoms with Gasteiger partial charge in [0.05, 0.1) is 0 Å². The number of para-hydroxylation sites is 1. The van der Waals surface area contributed by atoms with E-state index < -0.39 is 0 Å². The Morgan fingerprint density at radius 2 is 1.91 bits per heavy atom. The lowest BCUT2D eigenvalue weighted by Gasteiger charge is -2.45. The van der Waals surface area contributed by atoms with E-state index in [9.17, 15) is 0 Å². The average Bonchev–Trinajstić information content (AvgIpc) is 2.97. The van der Waals surface area contributed by atoms with Crippen LogP contribution in [0.15, 0.2) is 30.3 Å². The summed E-state index contributed by atoms with van der Waals surface area (Å²) in [5.41, 5.74) is 3.18. The van der Waals surface area contributed by atoms with Crippen molar-refractivity contribution < 1.29 is 0 Å². The second kappa shape index (κ2) is 6.45. The van der Waals surface area contributed by atoms with Gasteiger partial charge >= 0.3 is 0 Å². The Bertz CT molecular complexity index is 570. The summed E-state index contributed by atoms with van der Waals surface area (Å²) in [7, 11) is 4.55. The van der Waals surface area contributed by atoms with Crippen LogP contribution in [0.2, 0.25) is 0 Å². The SMILES string of the molecule is CCCCC1(N(C)C)CCC(c2cc3ccccc3[nH]2)CC1. The maximum atomic E-state index is 3.65. The molecule has 1 aromatic carbocycles. The monoisotopic (exact) mass is 298 g/mol. The number of fused-ring (bicyclic) bond motifs is 1. The Kier molecular flexibility index (Phi) is 4.58. The fourth-order valence-corrected chi connectivity index (χ4v) is 4.21. The molecule has 2 heteroatoms. The van der Waals surface area contributed by atoms with Gasteiger partial charge in [-0.2, -0.15) is 0 Å². The molecule has 120 valence electrons. The van der Waals surface area contributed by atoms with Crippen molar-refractivity contribution in [1.29, 1.82) is 0 Å². The summed E-state index contributed by atoms with van der Waals surface area (Å²) in [5.74, 6) is 0.710. The molecule has 2 nitrogen and oxygen atoms in total. The molecule has 1 aliphatic rings. The van der Waals surface area contributed by atoms with Gasteiger partial charge in [-0.15, -0.1) is 0 Å². The Morgan fingerprint density at radius 1 is 1.18 bits per heavy atom. The first-order chi connectivity index (χ1) is 10.6. The van der Waals surface area contributed by atoms with Gasteiger partial charge in [0.2, 0.25) is 0 Å². The number of hydrogen-bond donors (Lipinski definition) is 1. The molecule has 2 aromatic rings.